The molecule has 1 unspecified atom stereocenters. The Morgan fingerprint density at radius 1 is 0.762 bits per heavy atom. The molecule has 2 rings (SSSR count). The van der Waals surface area contributed by atoms with Crippen molar-refractivity contribution in [2.24, 2.45) is 23.7 Å². The average molecular weight is 294 g/mol. The van der Waals surface area contributed by atoms with Crippen molar-refractivity contribution in [2.75, 3.05) is 6.54 Å². The molecule has 21 heavy (non-hydrogen) atoms. The highest BCUT2D eigenvalue weighted by molar-refractivity contribution is 4.88. The Morgan fingerprint density at radius 3 is 1.81 bits per heavy atom. The zero-order valence-corrected chi connectivity index (χ0v) is 14.9. The molecule has 1 N–H and O–H groups in total. The van der Waals surface area contributed by atoms with Crippen LogP contribution in [0.25, 0.3) is 0 Å². The number of hydrogen-bond acceptors (Lipinski definition) is 1. The minimum absolute atomic E-state index is 0.830. The minimum atomic E-state index is 0.830. The zero-order chi connectivity index (χ0) is 15.1. The van der Waals surface area contributed by atoms with Crippen molar-refractivity contribution in [2.45, 2.75) is 97.4 Å². The van der Waals surface area contributed by atoms with Crippen LogP contribution in [-0.2, 0) is 0 Å². The third-order valence-corrected chi connectivity index (χ3v) is 6.30. The molecule has 0 aliphatic heterocycles. The Hall–Kier alpha value is -0.0400. The van der Waals surface area contributed by atoms with Gasteiger partial charge in [0.15, 0.2) is 0 Å². The Bertz CT molecular complexity index is 257. The molecule has 2 fully saturated rings. The summed E-state index contributed by atoms with van der Waals surface area (Å²) in [7, 11) is 0. The highest BCUT2D eigenvalue weighted by Crippen LogP contribution is 2.39. The van der Waals surface area contributed by atoms with Crippen molar-refractivity contribution in [1.82, 2.24) is 5.32 Å². The van der Waals surface area contributed by atoms with Gasteiger partial charge < -0.3 is 5.32 Å². The van der Waals surface area contributed by atoms with Gasteiger partial charge in [-0.3, -0.25) is 0 Å². The SMILES string of the molecule is CCCNC(C1CCCCCC1)C1CCC(C(C)C)CC1. The monoisotopic (exact) mass is 293 g/mol. The molecule has 1 heteroatoms. The second-order valence-electron chi connectivity index (χ2n) is 8.15. The summed E-state index contributed by atoms with van der Waals surface area (Å²) in [6, 6.07) is 0.830. The van der Waals surface area contributed by atoms with Crippen molar-refractivity contribution in [3.05, 3.63) is 0 Å². The van der Waals surface area contributed by atoms with E-state index in [4.69, 9.17) is 0 Å². The van der Waals surface area contributed by atoms with Gasteiger partial charge in [0.1, 0.15) is 0 Å². The maximum Gasteiger partial charge on any atom is 0.0124 e. The van der Waals surface area contributed by atoms with Gasteiger partial charge in [-0.1, -0.05) is 46.5 Å². The van der Waals surface area contributed by atoms with E-state index in [1.54, 1.807) is 0 Å². The highest BCUT2D eigenvalue weighted by atomic mass is 14.9. The summed E-state index contributed by atoms with van der Waals surface area (Å²) in [5, 5.41) is 3.98. The molecule has 0 heterocycles. The summed E-state index contributed by atoms with van der Waals surface area (Å²) >= 11 is 0. The van der Waals surface area contributed by atoms with Crippen LogP contribution in [0.5, 0.6) is 0 Å². The Labute approximate surface area is 133 Å². The molecule has 2 aliphatic rings. The topological polar surface area (TPSA) is 12.0 Å². The maximum atomic E-state index is 3.98. The molecule has 0 spiro atoms. The largest absolute Gasteiger partial charge is 0.313 e. The minimum Gasteiger partial charge on any atom is -0.313 e. The van der Waals surface area contributed by atoms with E-state index in [2.05, 4.69) is 26.1 Å². The fraction of sp³-hybridized carbons (Fsp3) is 1.00. The lowest BCUT2D eigenvalue weighted by atomic mass is 9.71. The summed E-state index contributed by atoms with van der Waals surface area (Å²) in [5.74, 6) is 3.84. The van der Waals surface area contributed by atoms with Crippen molar-refractivity contribution < 1.29 is 0 Å². The Balaban J connectivity index is 1.92. The first kappa shape index (κ1) is 17.3. The maximum absolute atomic E-state index is 3.98. The highest BCUT2D eigenvalue weighted by Gasteiger charge is 2.33. The molecule has 1 nitrogen and oxygen atoms in total. The van der Waals surface area contributed by atoms with Gasteiger partial charge in [-0.05, 0) is 75.2 Å². The van der Waals surface area contributed by atoms with Crippen LogP contribution in [0.4, 0.5) is 0 Å². The quantitative estimate of drug-likeness (QED) is 0.611. The van der Waals surface area contributed by atoms with E-state index in [0.717, 1.165) is 29.7 Å². The van der Waals surface area contributed by atoms with Crippen LogP contribution in [0.15, 0.2) is 0 Å². The lowest BCUT2D eigenvalue weighted by Crippen LogP contribution is -2.44. The first-order valence-corrected chi connectivity index (χ1v) is 9.95. The van der Waals surface area contributed by atoms with Crippen LogP contribution in [0.2, 0.25) is 0 Å². The standard InChI is InChI=1S/C20H39N/c1-4-15-21-20(18-9-7-5-6-8-10-18)19-13-11-17(12-14-19)16(2)3/h16-21H,4-15H2,1-3H3. The summed E-state index contributed by atoms with van der Waals surface area (Å²) in [6.07, 6.45) is 16.1. The molecule has 0 aromatic heterocycles. The van der Waals surface area contributed by atoms with E-state index in [-0.39, 0.29) is 0 Å². The van der Waals surface area contributed by atoms with E-state index < -0.39 is 0 Å². The Kier molecular flexibility index (Phi) is 7.57. The van der Waals surface area contributed by atoms with Crippen molar-refractivity contribution in [3.63, 3.8) is 0 Å². The molecule has 0 saturated heterocycles. The fourth-order valence-corrected chi connectivity index (χ4v) is 4.87. The first-order chi connectivity index (χ1) is 10.2. The normalized spacial score (nSPS) is 30.3. The van der Waals surface area contributed by atoms with E-state index >= 15 is 0 Å². The van der Waals surface area contributed by atoms with Crippen molar-refractivity contribution in [1.29, 1.82) is 0 Å². The lowest BCUT2D eigenvalue weighted by Gasteiger charge is -2.39. The van der Waals surface area contributed by atoms with Gasteiger partial charge in [0.05, 0.1) is 0 Å². The van der Waals surface area contributed by atoms with Crippen LogP contribution < -0.4 is 5.32 Å². The van der Waals surface area contributed by atoms with E-state index in [1.807, 2.05) is 0 Å². The molecule has 124 valence electrons. The predicted molar refractivity (Wildman–Crippen MR) is 93.6 cm³/mol. The first-order valence-electron chi connectivity index (χ1n) is 9.95. The number of rotatable bonds is 6. The second kappa shape index (κ2) is 9.18. The summed E-state index contributed by atoms with van der Waals surface area (Å²) < 4.78 is 0. The molecule has 2 aliphatic carbocycles. The molecule has 2 saturated carbocycles. The van der Waals surface area contributed by atoms with Crippen LogP contribution in [-0.4, -0.2) is 12.6 Å². The van der Waals surface area contributed by atoms with Gasteiger partial charge >= 0.3 is 0 Å². The second-order valence-corrected chi connectivity index (χ2v) is 8.15. The lowest BCUT2D eigenvalue weighted by molar-refractivity contribution is 0.149. The molecule has 0 aromatic carbocycles. The van der Waals surface area contributed by atoms with Crippen LogP contribution in [0.3, 0.4) is 0 Å². The number of hydrogen-bond donors (Lipinski definition) is 1. The van der Waals surface area contributed by atoms with Crippen LogP contribution in [0.1, 0.15) is 91.4 Å². The van der Waals surface area contributed by atoms with E-state index in [9.17, 15) is 0 Å². The third kappa shape index (κ3) is 5.27. The summed E-state index contributed by atoms with van der Waals surface area (Å²) in [4.78, 5) is 0. The van der Waals surface area contributed by atoms with Crippen molar-refractivity contribution >= 4 is 0 Å². The molecule has 0 aromatic rings. The van der Waals surface area contributed by atoms with Gasteiger partial charge in [0.25, 0.3) is 0 Å². The molecule has 0 amide bonds. The zero-order valence-electron chi connectivity index (χ0n) is 14.9. The molecule has 0 radical (unpaired) electrons. The fourth-order valence-electron chi connectivity index (χ4n) is 4.87. The summed E-state index contributed by atoms with van der Waals surface area (Å²) in [6.45, 7) is 8.38. The van der Waals surface area contributed by atoms with Crippen LogP contribution >= 0.6 is 0 Å². The third-order valence-electron chi connectivity index (χ3n) is 6.30. The molecular weight excluding hydrogens is 254 g/mol. The van der Waals surface area contributed by atoms with Crippen LogP contribution in [0, 0.1) is 23.7 Å². The van der Waals surface area contributed by atoms with Crippen molar-refractivity contribution in [3.8, 4) is 0 Å². The molecule has 0 bridgehead atoms. The Morgan fingerprint density at radius 2 is 1.29 bits per heavy atom. The van der Waals surface area contributed by atoms with E-state index in [1.165, 1.54) is 77.2 Å². The van der Waals surface area contributed by atoms with Gasteiger partial charge in [0.2, 0.25) is 0 Å². The molecule has 1 atom stereocenters. The number of nitrogens with one attached hydrogen (secondary N) is 1. The van der Waals surface area contributed by atoms with Gasteiger partial charge in [-0.2, -0.15) is 0 Å². The summed E-state index contributed by atoms with van der Waals surface area (Å²) in [5.41, 5.74) is 0. The molecular formula is C20H39N. The van der Waals surface area contributed by atoms with Gasteiger partial charge in [0, 0.05) is 6.04 Å². The van der Waals surface area contributed by atoms with Gasteiger partial charge in [-0.15, -0.1) is 0 Å². The average Bonchev–Trinajstić information content (AvgIpc) is 2.77. The predicted octanol–water partition coefficient (Wildman–Crippen LogP) is 5.79. The smallest absolute Gasteiger partial charge is 0.0124 e. The van der Waals surface area contributed by atoms with Gasteiger partial charge in [-0.25, -0.2) is 0 Å². The van der Waals surface area contributed by atoms with E-state index in [0.29, 0.717) is 0 Å².